The van der Waals surface area contributed by atoms with E-state index in [4.69, 9.17) is 15.2 Å². The molecule has 5 heterocycles. The first-order chi connectivity index (χ1) is 27.7. The summed E-state index contributed by atoms with van der Waals surface area (Å²) in [6.07, 6.45) is -1.97. The Labute approximate surface area is 331 Å². The Morgan fingerprint density at radius 2 is 1.67 bits per heavy atom. The second kappa shape index (κ2) is 15.1. The lowest BCUT2D eigenvalue weighted by atomic mass is 10.0. The van der Waals surface area contributed by atoms with Gasteiger partial charge in [0.15, 0.2) is 11.5 Å². The number of aryl methyl sites for hydroxylation is 1. The summed E-state index contributed by atoms with van der Waals surface area (Å²) in [5.74, 6) is -0.202. The van der Waals surface area contributed by atoms with Gasteiger partial charge >= 0.3 is 6.18 Å². The van der Waals surface area contributed by atoms with Crippen LogP contribution < -0.4 is 30.7 Å². The fourth-order valence-electron chi connectivity index (χ4n) is 8.50. The number of hydrogen-bond donors (Lipinski definition) is 3. The van der Waals surface area contributed by atoms with Gasteiger partial charge in [-0.3, -0.25) is 34.3 Å². The van der Waals surface area contributed by atoms with E-state index in [2.05, 4.69) is 30.4 Å². The third kappa shape index (κ3) is 7.45. The van der Waals surface area contributed by atoms with E-state index in [-0.39, 0.29) is 35.8 Å². The largest absolute Gasteiger partial charge is 0.493 e. The fraction of sp³-hybridized carbons (Fsp3) is 0.415. The standard InChI is InChI=1S/C41H43F3N8O6/c1-21(23-14-24(41(42,43)44)16-25(45)15-23)46-37-31-18-35(34(57-3)19-32(31)47-22(2)48-37)58-28-10-13-51(20-28)26-8-11-50(12-9-26)27-4-5-29-30(17-27)40(56)52(39(29)55)33-6-7-36(53)49-38(33)54/h4-5,14-19,21,26,28,33H,6-13,20,45H2,1-3H3,(H,46,47,48)(H,49,53,54)/t21-,28+,33?/m1/s1. The van der Waals surface area contributed by atoms with E-state index < -0.39 is 47.5 Å². The Balaban J connectivity index is 0.917. The molecule has 58 heavy (non-hydrogen) atoms. The number of rotatable bonds is 9. The van der Waals surface area contributed by atoms with Crippen molar-refractivity contribution in [1.29, 1.82) is 0 Å². The summed E-state index contributed by atoms with van der Waals surface area (Å²) in [6.45, 7) is 6.49. The predicted octanol–water partition coefficient (Wildman–Crippen LogP) is 5.24. The number of hydrogen-bond acceptors (Lipinski definition) is 12. The van der Waals surface area contributed by atoms with Crippen molar-refractivity contribution < 1.29 is 41.8 Å². The zero-order chi connectivity index (χ0) is 41.0. The van der Waals surface area contributed by atoms with Gasteiger partial charge < -0.3 is 25.4 Å². The summed E-state index contributed by atoms with van der Waals surface area (Å²) in [4.78, 5) is 65.5. The SMILES string of the molecule is COc1cc2nc(C)nc(N[C@H](C)c3cc(N)cc(C(F)(F)F)c3)c2cc1O[C@H]1CCN(C2CCN(c3ccc4c(c3)C(=O)N(C3CCC(=O)NC3=O)C4=O)CC2)C1. The van der Waals surface area contributed by atoms with Gasteiger partial charge in [-0.2, -0.15) is 13.2 Å². The molecule has 0 spiro atoms. The average Bonchev–Trinajstić information content (AvgIpc) is 3.75. The molecule has 1 unspecified atom stereocenters. The number of anilines is 3. The lowest BCUT2D eigenvalue weighted by Crippen LogP contribution is -2.54. The molecular formula is C41H43F3N8O6. The molecule has 304 valence electrons. The number of carbonyl (C=O) groups excluding carboxylic acids is 4. The molecule has 3 aromatic carbocycles. The minimum absolute atomic E-state index is 0.0101. The molecule has 3 fully saturated rings. The number of nitrogen functional groups attached to an aromatic ring is 1. The van der Waals surface area contributed by atoms with E-state index in [1.54, 1.807) is 39.2 Å². The first-order valence-electron chi connectivity index (χ1n) is 19.3. The molecule has 0 radical (unpaired) electrons. The quantitative estimate of drug-likeness (QED) is 0.149. The number of fused-ring (bicyclic) bond motifs is 2. The number of imide groups is 2. The van der Waals surface area contributed by atoms with Crippen molar-refractivity contribution in [3.05, 3.63) is 76.6 Å². The first kappa shape index (κ1) is 38.9. The Bertz CT molecular complexity index is 2330. The topological polar surface area (TPSA) is 172 Å². The van der Waals surface area contributed by atoms with E-state index in [1.807, 2.05) is 12.1 Å². The number of halogens is 3. The molecule has 1 aromatic heterocycles. The molecular weight excluding hydrogens is 757 g/mol. The Morgan fingerprint density at radius 3 is 2.40 bits per heavy atom. The summed E-state index contributed by atoms with van der Waals surface area (Å²) in [5, 5.41) is 6.11. The monoisotopic (exact) mass is 800 g/mol. The van der Waals surface area contributed by atoms with E-state index in [0.717, 1.165) is 61.6 Å². The number of carbonyl (C=O) groups is 4. The molecule has 4 amide bonds. The van der Waals surface area contributed by atoms with Gasteiger partial charge in [0.05, 0.1) is 35.4 Å². The van der Waals surface area contributed by atoms with Crippen molar-refractivity contribution in [2.75, 3.05) is 49.2 Å². The van der Waals surface area contributed by atoms with Gasteiger partial charge in [0.2, 0.25) is 11.8 Å². The first-order valence-corrected chi connectivity index (χ1v) is 19.3. The number of piperidine rings is 2. The summed E-state index contributed by atoms with van der Waals surface area (Å²) in [5.41, 5.74) is 7.32. The molecule has 8 rings (SSSR count). The normalized spacial score (nSPS) is 21.1. The number of amides is 4. The van der Waals surface area contributed by atoms with Crippen LogP contribution >= 0.6 is 0 Å². The van der Waals surface area contributed by atoms with Crippen molar-refractivity contribution in [3.63, 3.8) is 0 Å². The van der Waals surface area contributed by atoms with E-state index in [9.17, 15) is 32.3 Å². The lowest BCUT2D eigenvalue weighted by molar-refractivity contribution is -0.138. The maximum Gasteiger partial charge on any atom is 0.416 e. The number of benzene rings is 3. The summed E-state index contributed by atoms with van der Waals surface area (Å²) in [7, 11) is 1.55. The number of likely N-dealkylation sites (tertiary alicyclic amines) is 1. The van der Waals surface area contributed by atoms with Crippen LogP contribution in [0.3, 0.4) is 0 Å². The molecule has 14 nitrogen and oxygen atoms in total. The van der Waals surface area contributed by atoms with Crippen LogP contribution in [0.25, 0.3) is 10.9 Å². The van der Waals surface area contributed by atoms with Crippen molar-refractivity contribution >= 4 is 51.7 Å². The molecule has 17 heteroatoms. The Hall–Kier alpha value is -5.97. The van der Waals surface area contributed by atoms with Crippen LogP contribution in [-0.2, 0) is 15.8 Å². The van der Waals surface area contributed by atoms with Crippen LogP contribution in [-0.4, -0.2) is 94.9 Å². The number of aromatic nitrogens is 2. The van der Waals surface area contributed by atoms with Gasteiger partial charge in [-0.05, 0) is 87.6 Å². The van der Waals surface area contributed by atoms with Crippen LogP contribution in [0.15, 0.2) is 48.5 Å². The summed E-state index contributed by atoms with van der Waals surface area (Å²) in [6, 6.07) is 11.0. The molecule has 0 bridgehead atoms. The number of nitrogens with zero attached hydrogens (tertiary/aromatic N) is 5. The number of nitrogens with two attached hydrogens (primary N) is 1. The maximum absolute atomic E-state index is 13.6. The molecule has 4 aromatic rings. The predicted molar refractivity (Wildman–Crippen MR) is 208 cm³/mol. The van der Waals surface area contributed by atoms with Crippen LogP contribution in [0.2, 0.25) is 0 Å². The molecule has 3 atom stereocenters. The number of nitrogens with one attached hydrogen (secondary N) is 2. The third-order valence-electron chi connectivity index (χ3n) is 11.5. The number of alkyl halides is 3. The van der Waals surface area contributed by atoms with Crippen LogP contribution in [0.4, 0.5) is 30.4 Å². The highest BCUT2D eigenvalue weighted by Crippen LogP contribution is 2.39. The van der Waals surface area contributed by atoms with Crippen molar-refractivity contribution in [1.82, 2.24) is 25.1 Å². The minimum atomic E-state index is -4.54. The molecule has 3 saturated heterocycles. The highest BCUT2D eigenvalue weighted by molar-refractivity contribution is 6.23. The minimum Gasteiger partial charge on any atom is -0.493 e. The Kier molecular flexibility index (Phi) is 10.1. The van der Waals surface area contributed by atoms with Crippen molar-refractivity contribution in [2.45, 2.75) is 76.4 Å². The fourth-order valence-corrected chi connectivity index (χ4v) is 8.50. The zero-order valence-electron chi connectivity index (χ0n) is 32.2. The number of ether oxygens (including phenoxy) is 2. The van der Waals surface area contributed by atoms with Crippen molar-refractivity contribution in [3.8, 4) is 11.5 Å². The lowest BCUT2D eigenvalue weighted by Gasteiger charge is -2.38. The van der Waals surface area contributed by atoms with Gasteiger partial charge in [0, 0.05) is 61.5 Å². The van der Waals surface area contributed by atoms with Crippen LogP contribution in [0.5, 0.6) is 11.5 Å². The third-order valence-corrected chi connectivity index (χ3v) is 11.5. The number of methoxy groups -OCH3 is 1. The van der Waals surface area contributed by atoms with E-state index >= 15 is 0 Å². The van der Waals surface area contributed by atoms with Gasteiger partial charge in [0.25, 0.3) is 11.8 Å². The van der Waals surface area contributed by atoms with E-state index in [0.29, 0.717) is 52.2 Å². The molecule has 4 N–H and O–H groups in total. The summed E-state index contributed by atoms with van der Waals surface area (Å²) >= 11 is 0. The van der Waals surface area contributed by atoms with Gasteiger partial charge in [-0.1, -0.05) is 0 Å². The summed E-state index contributed by atoms with van der Waals surface area (Å²) < 4.78 is 53.0. The second-order valence-corrected chi connectivity index (χ2v) is 15.3. The Morgan fingerprint density at radius 1 is 0.914 bits per heavy atom. The van der Waals surface area contributed by atoms with Gasteiger partial charge in [-0.25, -0.2) is 9.97 Å². The van der Waals surface area contributed by atoms with Crippen molar-refractivity contribution in [2.24, 2.45) is 0 Å². The average molecular weight is 801 g/mol. The van der Waals surface area contributed by atoms with Crippen LogP contribution in [0.1, 0.15) is 82.7 Å². The second-order valence-electron chi connectivity index (χ2n) is 15.3. The molecule has 0 aliphatic carbocycles. The molecule has 4 aliphatic heterocycles. The van der Waals surface area contributed by atoms with Gasteiger partial charge in [-0.15, -0.1) is 0 Å². The highest BCUT2D eigenvalue weighted by Gasteiger charge is 2.45. The van der Waals surface area contributed by atoms with E-state index in [1.165, 1.54) is 6.07 Å². The van der Waals surface area contributed by atoms with Gasteiger partial charge in [0.1, 0.15) is 23.8 Å². The maximum atomic E-state index is 13.6. The van der Waals surface area contributed by atoms with Crippen LogP contribution in [0, 0.1) is 6.92 Å². The highest BCUT2D eigenvalue weighted by atomic mass is 19.4. The zero-order valence-corrected chi connectivity index (χ0v) is 32.2. The molecule has 4 aliphatic rings. The smallest absolute Gasteiger partial charge is 0.416 e. The molecule has 0 saturated carbocycles.